The van der Waals surface area contributed by atoms with Crippen LogP contribution in [-0.2, 0) is 11.3 Å². The first-order chi connectivity index (χ1) is 9.96. The summed E-state index contributed by atoms with van der Waals surface area (Å²) in [6, 6.07) is 1.73. The van der Waals surface area contributed by atoms with Crippen LogP contribution in [0, 0.1) is 11.7 Å². The fraction of sp³-hybridized carbons (Fsp3) is 0.688. The van der Waals surface area contributed by atoms with Crippen LogP contribution in [0.1, 0.15) is 39.2 Å². The lowest BCUT2D eigenvalue weighted by Gasteiger charge is -2.23. The summed E-state index contributed by atoms with van der Waals surface area (Å²) in [7, 11) is 0. The molecule has 0 amide bonds. The van der Waals surface area contributed by atoms with Crippen molar-refractivity contribution in [2.75, 3.05) is 25.1 Å². The van der Waals surface area contributed by atoms with Crippen LogP contribution in [0.15, 0.2) is 12.3 Å². The van der Waals surface area contributed by atoms with E-state index in [1.54, 1.807) is 12.3 Å². The molecule has 2 rings (SSSR count). The molecule has 5 heteroatoms. The van der Waals surface area contributed by atoms with E-state index in [2.05, 4.69) is 36.4 Å². The standard InChI is InChI=1S/C16H26FN3O/c1-16(2,3)20-10-13-6-7-18-15(14(13)17)19-9-12-5-4-8-21-11-12/h6-7,12,20H,4-5,8-11H2,1-3H3,(H,18,19). The Morgan fingerprint density at radius 3 is 2.90 bits per heavy atom. The van der Waals surface area contributed by atoms with E-state index in [4.69, 9.17) is 4.74 Å². The van der Waals surface area contributed by atoms with Crippen molar-refractivity contribution in [2.45, 2.75) is 45.7 Å². The smallest absolute Gasteiger partial charge is 0.169 e. The monoisotopic (exact) mass is 295 g/mol. The van der Waals surface area contributed by atoms with E-state index in [9.17, 15) is 4.39 Å². The number of halogens is 1. The van der Waals surface area contributed by atoms with Gasteiger partial charge < -0.3 is 15.4 Å². The summed E-state index contributed by atoms with van der Waals surface area (Å²) < 4.78 is 19.8. The van der Waals surface area contributed by atoms with Gasteiger partial charge in [-0.05, 0) is 45.6 Å². The lowest BCUT2D eigenvalue weighted by molar-refractivity contribution is 0.0594. The van der Waals surface area contributed by atoms with E-state index >= 15 is 0 Å². The first-order valence-corrected chi connectivity index (χ1v) is 7.66. The maximum Gasteiger partial charge on any atom is 0.169 e. The zero-order valence-corrected chi connectivity index (χ0v) is 13.2. The Morgan fingerprint density at radius 2 is 2.24 bits per heavy atom. The number of anilines is 1. The molecule has 1 aliphatic heterocycles. The molecule has 0 bridgehead atoms. The van der Waals surface area contributed by atoms with E-state index in [1.165, 1.54) is 0 Å². The fourth-order valence-electron chi connectivity index (χ4n) is 2.31. The number of hydrogen-bond donors (Lipinski definition) is 2. The van der Waals surface area contributed by atoms with Crippen LogP contribution < -0.4 is 10.6 Å². The minimum atomic E-state index is -0.258. The van der Waals surface area contributed by atoms with Crippen molar-refractivity contribution in [3.8, 4) is 0 Å². The van der Waals surface area contributed by atoms with Crippen molar-refractivity contribution in [3.05, 3.63) is 23.6 Å². The van der Waals surface area contributed by atoms with Gasteiger partial charge in [-0.25, -0.2) is 9.37 Å². The van der Waals surface area contributed by atoms with Gasteiger partial charge in [0, 0.05) is 37.0 Å². The zero-order valence-electron chi connectivity index (χ0n) is 13.2. The quantitative estimate of drug-likeness (QED) is 0.877. The summed E-state index contributed by atoms with van der Waals surface area (Å²) in [5.41, 5.74) is 0.602. The molecule has 1 aromatic rings. The molecule has 1 fully saturated rings. The number of rotatable bonds is 5. The predicted octanol–water partition coefficient (Wildman–Crippen LogP) is 2.95. The van der Waals surface area contributed by atoms with Crippen molar-refractivity contribution in [1.29, 1.82) is 0 Å². The Balaban J connectivity index is 1.93. The second-order valence-corrected chi connectivity index (χ2v) is 6.70. The van der Waals surface area contributed by atoms with Gasteiger partial charge in [0.25, 0.3) is 0 Å². The number of nitrogens with zero attached hydrogens (tertiary/aromatic N) is 1. The minimum Gasteiger partial charge on any atom is -0.381 e. The molecule has 1 unspecified atom stereocenters. The Kier molecular flexibility index (Phi) is 5.53. The van der Waals surface area contributed by atoms with Crippen LogP contribution in [0.25, 0.3) is 0 Å². The first-order valence-electron chi connectivity index (χ1n) is 7.66. The highest BCUT2D eigenvalue weighted by Crippen LogP contribution is 2.18. The number of nitrogens with one attached hydrogen (secondary N) is 2. The number of pyridine rings is 1. The van der Waals surface area contributed by atoms with E-state index in [0.717, 1.165) is 26.1 Å². The molecule has 1 aliphatic rings. The maximum atomic E-state index is 14.4. The maximum absolute atomic E-state index is 14.4. The summed E-state index contributed by atoms with van der Waals surface area (Å²) in [5.74, 6) is 0.524. The lowest BCUT2D eigenvalue weighted by atomic mass is 10.0. The van der Waals surface area contributed by atoms with Gasteiger partial charge in [-0.2, -0.15) is 0 Å². The van der Waals surface area contributed by atoms with Crippen LogP contribution >= 0.6 is 0 Å². The Morgan fingerprint density at radius 1 is 1.43 bits per heavy atom. The molecule has 1 saturated heterocycles. The normalized spacial score (nSPS) is 19.5. The molecule has 1 aromatic heterocycles. The van der Waals surface area contributed by atoms with Gasteiger partial charge in [0.15, 0.2) is 11.6 Å². The largest absolute Gasteiger partial charge is 0.381 e. The molecule has 118 valence electrons. The highest BCUT2D eigenvalue weighted by Gasteiger charge is 2.16. The predicted molar refractivity (Wildman–Crippen MR) is 82.8 cm³/mol. The molecule has 4 nitrogen and oxygen atoms in total. The summed E-state index contributed by atoms with van der Waals surface area (Å²) in [6.45, 7) is 8.99. The molecule has 0 aromatic carbocycles. The van der Waals surface area contributed by atoms with Crippen molar-refractivity contribution in [2.24, 2.45) is 5.92 Å². The third-order valence-corrected chi connectivity index (χ3v) is 3.59. The van der Waals surface area contributed by atoms with Gasteiger partial charge in [0.1, 0.15) is 0 Å². The Hall–Kier alpha value is -1.20. The molecule has 2 heterocycles. The average Bonchev–Trinajstić information content (AvgIpc) is 2.45. The van der Waals surface area contributed by atoms with Crippen molar-refractivity contribution in [3.63, 3.8) is 0 Å². The molecule has 0 aliphatic carbocycles. The van der Waals surface area contributed by atoms with Crippen LogP contribution in [-0.4, -0.2) is 30.3 Å². The van der Waals surface area contributed by atoms with Crippen molar-refractivity contribution in [1.82, 2.24) is 10.3 Å². The van der Waals surface area contributed by atoms with E-state index in [-0.39, 0.29) is 11.4 Å². The molecule has 0 saturated carbocycles. The lowest BCUT2D eigenvalue weighted by Crippen LogP contribution is -2.35. The summed E-state index contributed by atoms with van der Waals surface area (Å²) in [6.07, 6.45) is 3.86. The van der Waals surface area contributed by atoms with Gasteiger partial charge in [-0.3, -0.25) is 0 Å². The third kappa shape index (κ3) is 5.25. The zero-order chi connectivity index (χ0) is 15.3. The van der Waals surface area contributed by atoms with Crippen LogP contribution in [0.5, 0.6) is 0 Å². The molecular weight excluding hydrogens is 269 g/mol. The molecule has 0 spiro atoms. The second-order valence-electron chi connectivity index (χ2n) is 6.70. The van der Waals surface area contributed by atoms with E-state index < -0.39 is 0 Å². The molecular formula is C16H26FN3O. The number of aromatic nitrogens is 1. The summed E-state index contributed by atoms with van der Waals surface area (Å²) in [4.78, 5) is 4.11. The molecule has 2 N–H and O–H groups in total. The molecule has 1 atom stereocenters. The Labute approximate surface area is 126 Å². The van der Waals surface area contributed by atoms with Crippen LogP contribution in [0.4, 0.5) is 10.2 Å². The number of ether oxygens (including phenoxy) is 1. The summed E-state index contributed by atoms with van der Waals surface area (Å²) in [5, 5.41) is 6.42. The topological polar surface area (TPSA) is 46.2 Å². The summed E-state index contributed by atoms with van der Waals surface area (Å²) >= 11 is 0. The van der Waals surface area contributed by atoms with Gasteiger partial charge in [0.05, 0.1) is 6.61 Å². The molecule has 0 radical (unpaired) electrons. The SMILES string of the molecule is CC(C)(C)NCc1ccnc(NCC2CCCOC2)c1F. The highest BCUT2D eigenvalue weighted by molar-refractivity contribution is 5.40. The average molecular weight is 295 g/mol. The third-order valence-electron chi connectivity index (χ3n) is 3.59. The van der Waals surface area contributed by atoms with Gasteiger partial charge in [-0.1, -0.05) is 0 Å². The van der Waals surface area contributed by atoms with Crippen molar-refractivity contribution >= 4 is 5.82 Å². The van der Waals surface area contributed by atoms with Gasteiger partial charge in [-0.15, -0.1) is 0 Å². The second kappa shape index (κ2) is 7.18. The first kappa shape index (κ1) is 16.2. The molecule has 21 heavy (non-hydrogen) atoms. The van der Waals surface area contributed by atoms with Crippen molar-refractivity contribution < 1.29 is 9.13 Å². The van der Waals surface area contributed by atoms with E-state index in [1.807, 2.05) is 0 Å². The van der Waals surface area contributed by atoms with Crippen LogP contribution in [0.2, 0.25) is 0 Å². The fourth-order valence-corrected chi connectivity index (χ4v) is 2.31. The van der Waals surface area contributed by atoms with Gasteiger partial charge in [0.2, 0.25) is 0 Å². The Bertz CT molecular complexity index is 453. The highest BCUT2D eigenvalue weighted by atomic mass is 19.1. The van der Waals surface area contributed by atoms with Gasteiger partial charge >= 0.3 is 0 Å². The van der Waals surface area contributed by atoms with E-state index in [0.29, 0.717) is 30.4 Å². The minimum absolute atomic E-state index is 0.0390. The van der Waals surface area contributed by atoms with Crippen LogP contribution in [0.3, 0.4) is 0 Å². The number of hydrogen-bond acceptors (Lipinski definition) is 4.